The van der Waals surface area contributed by atoms with Crippen LogP contribution in [0.5, 0.6) is 0 Å². The quantitative estimate of drug-likeness (QED) is 0.869. The summed E-state index contributed by atoms with van der Waals surface area (Å²) in [5, 5.41) is 8.75. The summed E-state index contributed by atoms with van der Waals surface area (Å²) < 4.78 is 45.1. The molecule has 0 amide bonds. The van der Waals surface area contributed by atoms with Crippen LogP contribution in [0.15, 0.2) is 27.6 Å². The van der Waals surface area contributed by atoms with Crippen LogP contribution in [-0.2, 0) is 23.2 Å². The number of aryl methyl sites for hydroxylation is 1. The third-order valence-electron chi connectivity index (χ3n) is 2.64. The van der Waals surface area contributed by atoms with Crippen molar-refractivity contribution in [3.05, 3.63) is 46.4 Å². The van der Waals surface area contributed by atoms with Gasteiger partial charge in [0.25, 0.3) is 0 Å². The van der Waals surface area contributed by atoms with Crippen LogP contribution in [0, 0.1) is 12.7 Å². The Kier molecular flexibility index (Phi) is 4.62. The number of benzene rings is 1. The van der Waals surface area contributed by atoms with Crippen molar-refractivity contribution in [3.8, 4) is 0 Å². The minimum atomic E-state index is -3.98. The predicted octanol–water partition coefficient (Wildman–Crippen LogP) is 1.75. The molecule has 9 heteroatoms. The Morgan fingerprint density at radius 1 is 1.48 bits per heavy atom. The first-order valence-electron chi connectivity index (χ1n) is 5.83. The van der Waals surface area contributed by atoms with E-state index < -0.39 is 22.4 Å². The van der Waals surface area contributed by atoms with Crippen molar-refractivity contribution in [3.63, 3.8) is 0 Å². The first-order valence-corrected chi connectivity index (χ1v) is 7.69. The Bertz CT molecular complexity index is 761. The van der Waals surface area contributed by atoms with Gasteiger partial charge in [0, 0.05) is 5.56 Å². The highest BCUT2D eigenvalue weighted by atomic mass is 35.5. The second-order valence-electron chi connectivity index (χ2n) is 4.23. The number of aromatic nitrogens is 1. The summed E-state index contributed by atoms with van der Waals surface area (Å²) in [7, 11) is -3.98. The topological polar surface area (TPSA) is 92.4 Å². The van der Waals surface area contributed by atoms with Crippen LogP contribution in [0.4, 0.5) is 4.39 Å². The van der Waals surface area contributed by atoms with Crippen LogP contribution >= 0.6 is 11.6 Å². The molecular weight excluding hydrogens is 323 g/mol. The molecule has 1 heterocycles. The molecule has 2 aromatic rings. The maximum atomic E-state index is 13.6. The number of nitrogens with one attached hydrogen (secondary N) is 1. The Hall–Kier alpha value is -1.48. The van der Waals surface area contributed by atoms with Crippen molar-refractivity contribution in [1.82, 2.24) is 9.71 Å². The van der Waals surface area contributed by atoms with Crippen LogP contribution in [0.1, 0.15) is 17.2 Å². The number of nitrogens with zero attached hydrogens (tertiary/aromatic N) is 1. The van der Waals surface area contributed by atoms with Crippen molar-refractivity contribution in [2.75, 3.05) is 0 Å². The highest BCUT2D eigenvalue weighted by Gasteiger charge is 2.19. The van der Waals surface area contributed by atoms with E-state index in [9.17, 15) is 12.8 Å². The average molecular weight is 335 g/mol. The number of sulfonamides is 1. The van der Waals surface area contributed by atoms with Gasteiger partial charge in [-0.3, -0.25) is 0 Å². The van der Waals surface area contributed by atoms with Crippen molar-refractivity contribution in [1.29, 1.82) is 0 Å². The summed E-state index contributed by atoms with van der Waals surface area (Å²) in [6, 6.07) is 1.89. The van der Waals surface area contributed by atoms with Crippen LogP contribution < -0.4 is 4.72 Å². The van der Waals surface area contributed by atoms with E-state index in [0.29, 0.717) is 5.76 Å². The molecule has 0 radical (unpaired) electrons. The Labute approximate surface area is 125 Å². The molecule has 0 spiro atoms. The van der Waals surface area contributed by atoms with Gasteiger partial charge in [0.05, 0.1) is 29.3 Å². The van der Waals surface area contributed by atoms with Crippen LogP contribution in [0.2, 0.25) is 5.02 Å². The van der Waals surface area contributed by atoms with Gasteiger partial charge in [0.15, 0.2) is 0 Å². The van der Waals surface area contributed by atoms with Crippen molar-refractivity contribution in [2.45, 2.75) is 25.0 Å². The molecule has 21 heavy (non-hydrogen) atoms. The summed E-state index contributed by atoms with van der Waals surface area (Å²) in [5.74, 6) is -0.187. The van der Waals surface area contributed by atoms with Crippen molar-refractivity contribution in [2.24, 2.45) is 0 Å². The molecule has 0 unspecified atom stereocenters. The van der Waals surface area contributed by atoms with Crippen molar-refractivity contribution < 1.29 is 22.3 Å². The minimum absolute atomic E-state index is 0.0102. The van der Waals surface area contributed by atoms with E-state index in [2.05, 4.69) is 9.71 Å². The number of hydrogen-bond donors (Lipinski definition) is 2. The van der Waals surface area contributed by atoms with Gasteiger partial charge in [-0.05, 0) is 19.1 Å². The number of aliphatic hydroxyl groups is 1. The fraction of sp³-hybridized carbons (Fsp3) is 0.250. The lowest BCUT2D eigenvalue weighted by molar-refractivity contribution is 0.281. The molecular formula is C12H12ClFN2O4S. The molecule has 0 atom stereocenters. The second kappa shape index (κ2) is 6.10. The first-order chi connectivity index (χ1) is 9.83. The van der Waals surface area contributed by atoms with E-state index in [0.717, 1.165) is 12.1 Å². The molecule has 0 aliphatic carbocycles. The Morgan fingerprint density at radius 3 is 2.76 bits per heavy atom. The van der Waals surface area contributed by atoms with Crippen LogP contribution in [-0.4, -0.2) is 18.5 Å². The lowest BCUT2D eigenvalue weighted by atomic mass is 10.2. The average Bonchev–Trinajstić information content (AvgIpc) is 2.85. The van der Waals surface area contributed by atoms with Gasteiger partial charge in [-0.25, -0.2) is 22.5 Å². The number of hydrogen-bond acceptors (Lipinski definition) is 5. The zero-order chi connectivity index (χ0) is 15.6. The summed E-state index contributed by atoms with van der Waals surface area (Å²) >= 11 is 5.62. The van der Waals surface area contributed by atoms with E-state index in [4.69, 9.17) is 21.1 Å². The summed E-state index contributed by atoms with van der Waals surface area (Å²) in [5.41, 5.74) is -0.0102. The number of rotatable bonds is 5. The molecule has 0 bridgehead atoms. The van der Waals surface area contributed by atoms with E-state index >= 15 is 0 Å². The lowest BCUT2D eigenvalue weighted by Gasteiger charge is -2.08. The first kappa shape index (κ1) is 15.9. The molecule has 2 rings (SSSR count). The number of oxazole rings is 1. The third kappa shape index (κ3) is 3.59. The van der Waals surface area contributed by atoms with Crippen LogP contribution in [0.3, 0.4) is 0 Å². The van der Waals surface area contributed by atoms with Crippen molar-refractivity contribution >= 4 is 21.6 Å². The second-order valence-corrected chi connectivity index (χ2v) is 6.37. The number of halogens is 2. The van der Waals surface area contributed by atoms with E-state index in [1.165, 1.54) is 6.20 Å². The van der Waals surface area contributed by atoms with E-state index in [-0.39, 0.29) is 27.9 Å². The van der Waals surface area contributed by atoms with E-state index in [1.807, 2.05) is 0 Å². The summed E-state index contributed by atoms with van der Waals surface area (Å²) in [6.07, 6.45) is 1.45. The molecule has 1 aromatic heterocycles. The lowest BCUT2D eigenvalue weighted by Crippen LogP contribution is -2.23. The van der Waals surface area contributed by atoms with Gasteiger partial charge < -0.3 is 9.52 Å². The summed E-state index contributed by atoms with van der Waals surface area (Å²) in [6.45, 7) is 0.931. The fourth-order valence-electron chi connectivity index (χ4n) is 1.61. The molecule has 6 nitrogen and oxygen atoms in total. The minimum Gasteiger partial charge on any atom is -0.445 e. The van der Waals surface area contributed by atoms with Crippen LogP contribution in [0.25, 0.3) is 0 Å². The summed E-state index contributed by atoms with van der Waals surface area (Å²) in [4.78, 5) is 3.51. The van der Waals surface area contributed by atoms with Gasteiger partial charge in [0.1, 0.15) is 11.6 Å². The monoisotopic (exact) mass is 334 g/mol. The van der Waals surface area contributed by atoms with Gasteiger partial charge in [-0.2, -0.15) is 0 Å². The van der Waals surface area contributed by atoms with Gasteiger partial charge in [0.2, 0.25) is 15.9 Å². The highest BCUT2D eigenvalue weighted by Crippen LogP contribution is 2.24. The van der Waals surface area contributed by atoms with Gasteiger partial charge in [-0.1, -0.05) is 11.6 Å². The molecule has 2 N–H and O–H groups in total. The largest absolute Gasteiger partial charge is 0.445 e. The zero-order valence-electron chi connectivity index (χ0n) is 10.9. The molecule has 0 saturated carbocycles. The third-order valence-corrected chi connectivity index (χ3v) is 4.44. The van der Waals surface area contributed by atoms with Gasteiger partial charge in [-0.15, -0.1) is 0 Å². The molecule has 114 valence electrons. The molecule has 0 aliphatic rings. The maximum Gasteiger partial charge on any atom is 0.241 e. The standard InChI is InChI=1S/C12H12ClFN2O4S/c1-7-4-15-11(20-7)5-16-21(18,19)9-2-8(6-17)12(13)10(14)3-9/h2-4,16-17H,5-6H2,1H3. The molecule has 0 saturated heterocycles. The maximum absolute atomic E-state index is 13.6. The molecule has 0 fully saturated rings. The highest BCUT2D eigenvalue weighted by molar-refractivity contribution is 7.89. The van der Waals surface area contributed by atoms with Gasteiger partial charge >= 0.3 is 0 Å². The Morgan fingerprint density at radius 2 is 2.19 bits per heavy atom. The zero-order valence-corrected chi connectivity index (χ0v) is 12.5. The smallest absolute Gasteiger partial charge is 0.241 e. The predicted molar refractivity (Wildman–Crippen MR) is 72.6 cm³/mol. The molecule has 1 aromatic carbocycles. The normalized spacial score (nSPS) is 11.8. The SMILES string of the molecule is Cc1cnc(CNS(=O)(=O)c2cc(F)c(Cl)c(CO)c2)o1. The van der Waals surface area contributed by atoms with E-state index in [1.54, 1.807) is 6.92 Å². The fourth-order valence-corrected chi connectivity index (χ4v) is 2.82. The Balaban J connectivity index is 2.25. The number of aliphatic hydroxyl groups excluding tert-OH is 1. The molecule has 0 aliphatic heterocycles.